The summed E-state index contributed by atoms with van der Waals surface area (Å²) in [5.74, 6) is -2.05. The molecule has 0 saturated heterocycles. The van der Waals surface area contributed by atoms with E-state index in [4.69, 9.17) is 4.74 Å². The Hall–Kier alpha value is -1.56. The van der Waals surface area contributed by atoms with Crippen molar-refractivity contribution in [3.8, 4) is 0 Å². The Bertz CT molecular complexity index is 487. The van der Waals surface area contributed by atoms with Gasteiger partial charge in [0.1, 0.15) is 0 Å². The zero-order valence-electron chi connectivity index (χ0n) is 11.7. The molecule has 0 amide bonds. The van der Waals surface area contributed by atoms with Crippen molar-refractivity contribution in [2.24, 2.45) is 11.3 Å². The van der Waals surface area contributed by atoms with Crippen molar-refractivity contribution < 1.29 is 27.4 Å². The second-order valence-corrected chi connectivity index (χ2v) is 5.09. The Balaban J connectivity index is 1.91. The number of ether oxygens (including phenoxy) is 2. The summed E-state index contributed by atoms with van der Waals surface area (Å²) in [4.78, 5) is 11.6. The lowest BCUT2D eigenvalue weighted by molar-refractivity contribution is -0.211. The van der Waals surface area contributed by atoms with Crippen LogP contribution in [-0.4, -0.2) is 25.4 Å². The van der Waals surface area contributed by atoms with Crippen molar-refractivity contribution in [3.63, 3.8) is 0 Å². The number of carbonyl (C=O) groups is 1. The van der Waals surface area contributed by atoms with Gasteiger partial charge in [0.25, 0.3) is 0 Å². The van der Waals surface area contributed by atoms with E-state index in [1.165, 1.54) is 6.92 Å². The average Bonchev–Trinajstić information content (AvgIpc) is 3.16. The monoisotopic (exact) mass is 302 g/mol. The number of benzene rings is 1. The van der Waals surface area contributed by atoms with Gasteiger partial charge in [-0.2, -0.15) is 13.2 Å². The van der Waals surface area contributed by atoms with Crippen LogP contribution in [0.1, 0.15) is 18.9 Å². The SMILES string of the molecule is CCOC(=O)[C@]1(C(F)(F)F)C[C@H]1COCc1ccccc1. The van der Waals surface area contributed by atoms with E-state index in [1.807, 2.05) is 30.3 Å². The van der Waals surface area contributed by atoms with Crippen LogP contribution in [0.2, 0.25) is 0 Å². The van der Waals surface area contributed by atoms with Gasteiger partial charge in [0.2, 0.25) is 0 Å². The molecule has 0 aliphatic heterocycles. The third-order valence-corrected chi connectivity index (χ3v) is 3.68. The van der Waals surface area contributed by atoms with E-state index >= 15 is 0 Å². The molecule has 1 aliphatic rings. The lowest BCUT2D eigenvalue weighted by atomic mass is 10.0. The highest BCUT2D eigenvalue weighted by atomic mass is 19.4. The van der Waals surface area contributed by atoms with E-state index < -0.39 is 23.5 Å². The fraction of sp³-hybridized carbons (Fsp3) is 0.533. The first-order valence-electron chi connectivity index (χ1n) is 6.77. The standard InChI is InChI=1S/C15H17F3O3/c1-2-21-13(19)14(15(16,17)18)8-12(14)10-20-9-11-6-4-3-5-7-11/h3-7,12H,2,8-10H2,1H3/t12-,14-/m0/s1. The van der Waals surface area contributed by atoms with E-state index in [0.717, 1.165) is 5.56 Å². The maximum atomic E-state index is 13.1. The van der Waals surface area contributed by atoms with Crippen LogP contribution < -0.4 is 0 Å². The second-order valence-electron chi connectivity index (χ2n) is 5.09. The highest BCUT2D eigenvalue weighted by Gasteiger charge is 2.76. The molecule has 1 saturated carbocycles. The summed E-state index contributed by atoms with van der Waals surface area (Å²) >= 11 is 0. The third kappa shape index (κ3) is 3.20. The Kier molecular flexibility index (Phi) is 4.56. The number of carbonyl (C=O) groups excluding carboxylic acids is 1. The van der Waals surface area contributed by atoms with Gasteiger partial charge in [-0.25, -0.2) is 0 Å². The van der Waals surface area contributed by atoms with Crippen LogP contribution in [-0.2, 0) is 20.9 Å². The minimum atomic E-state index is -4.60. The molecule has 0 heterocycles. The average molecular weight is 302 g/mol. The minimum Gasteiger partial charge on any atom is -0.465 e. The van der Waals surface area contributed by atoms with Crippen LogP contribution in [0, 0.1) is 11.3 Å². The molecule has 1 aliphatic carbocycles. The first kappa shape index (κ1) is 15.8. The summed E-state index contributed by atoms with van der Waals surface area (Å²) in [5, 5.41) is 0. The molecule has 0 bridgehead atoms. The predicted octanol–water partition coefficient (Wildman–Crippen LogP) is 3.33. The maximum Gasteiger partial charge on any atom is 0.405 e. The summed E-state index contributed by atoms with van der Waals surface area (Å²) < 4.78 is 49.2. The Morgan fingerprint density at radius 2 is 2.00 bits per heavy atom. The van der Waals surface area contributed by atoms with Crippen molar-refractivity contribution in [1.82, 2.24) is 0 Å². The fourth-order valence-electron chi connectivity index (χ4n) is 2.40. The van der Waals surface area contributed by atoms with Gasteiger partial charge in [-0.05, 0) is 18.9 Å². The fourth-order valence-corrected chi connectivity index (χ4v) is 2.40. The molecule has 1 fully saturated rings. The van der Waals surface area contributed by atoms with Gasteiger partial charge in [0, 0.05) is 5.92 Å². The van der Waals surface area contributed by atoms with Gasteiger partial charge in [-0.15, -0.1) is 0 Å². The minimum absolute atomic E-state index is 0.0613. The molecule has 6 heteroatoms. The van der Waals surface area contributed by atoms with Gasteiger partial charge in [0.15, 0.2) is 5.41 Å². The molecule has 3 nitrogen and oxygen atoms in total. The maximum absolute atomic E-state index is 13.1. The van der Waals surface area contributed by atoms with Crippen LogP contribution >= 0.6 is 0 Å². The largest absolute Gasteiger partial charge is 0.465 e. The van der Waals surface area contributed by atoms with E-state index in [0.29, 0.717) is 0 Å². The van der Waals surface area contributed by atoms with Crippen molar-refractivity contribution in [3.05, 3.63) is 35.9 Å². The molecular formula is C15H17F3O3. The normalized spacial score (nSPS) is 24.7. The molecule has 1 aromatic carbocycles. The van der Waals surface area contributed by atoms with Crippen molar-refractivity contribution in [1.29, 1.82) is 0 Å². The number of halogens is 3. The summed E-state index contributed by atoms with van der Waals surface area (Å²) in [6.45, 7) is 1.56. The van der Waals surface area contributed by atoms with Crippen LogP contribution in [0.3, 0.4) is 0 Å². The van der Waals surface area contributed by atoms with E-state index in [9.17, 15) is 18.0 Å². The number of rotatable bonds is 6. The van der Waals surface area contributed by atoms with E-state index in [-0.39, 0.29) is 26.2 Å². The molecule has 21 heavy (non-hydrogen) atoms. The molecule has 116 valence electrons. The number of hydrogen-bond donors (Lipinski definition) is 0. The summed E-state index contributed by atoms with van der Waals surface area (Å²) in [6, 6.07) is 9.16. The number of esters is 1. The topological polar surface area (TPSA) is 35.5 Å². The quantitative estimate of drug-likeness (QED) is 0.756. The molecule has 2 rings (SSSR count). The number of hydrogen-bond acceptors (Lipinski definition) is 3. The lowest BCUT2D eigenvalue weighted by Gasteiger charge is -2.19. The van der Waals surface area contributed by atoms with Crippen molar-refractivity contribution in [2.75, 3.05) is 13.2 Å². The zero-order valence-corrected chi connectivity index (χ0v) is 11.7. The number of alkyl halides is 3. The second kappa shape index (κ2) is 6.05. The smallest absolute Gasteiger partial charge is 0.405 e. The molecule has 0 N–H and O–H groups in total. The van der Waals surface area contributed by atoms with E-state index in [1.54, 1.807) is 0 Å². The molecular weight excluding hydrogens is 285 g/mol. The summed E-state index contributed by atoms with van der Waals surface area (Å²) in [5.41, 5.74) is -1.49. The summed E-state index contributed by atoms with van der Waals surface area (Å²) in [7, 11) is 0. The molecule has 0 aromatic heterocycles. The Morgan fingerprint density at radius 3 is 2.57 bits per heavy atom. The summed E-state index contributed by atoms with van der Waals surface area (Å²) in [6.07, 6.45) is -4.86. The van der Waals surface area contributed by atoms with Crippen LogP contribution in [0.5, 0.6) is 0 Å². The third-order valence-electron chi connectivity index (χ3n) is 3.68. The van der Waals surface area contributed by atoms with Gasteiger partial charge < -0.3 is 9.47 Å². The Labute approximate surface area is 121 Å². The highest BCUT2D eigenvalue weighted by molar-refractivity contribution is 5.81. The van der Waals surface area contributed by atoms with Crippen molar-refractivity contribution in [2.45, 2.75) is 26.1 Å². The molecule has 1 aromatic rings. The first-order valence-corrected chi connectivity index (χ1v) is 6.77. The lowest BCUT2D eigenvalue weighted by Crippen LogP contribution is -2.37. The molecule has 2 atom stereocenters. The van der Waals surface area contributed by atoms with E-state index in [2.05, 4.69) is 4.74 Å². The van der Waals surface area contributed by atoms with Crippen molar-refractivity contribution >= 4 is 5.97 Å². The van der Waals surface area contributed by atoms with Crippen LogP contribution in [0.15, 0.2) is 30.3 Å². The Morgan fingerprint density at radius 1 is 1.33 bits per heavy atom. The highest BCUT2D eigenvalue weighted by Crippen LogP contribution is 2.63. The van der Waals surface area contributed by atoms with Gasteiger partial charge >= 0.3 is 12.1 Å². The van der Waals surface area contributed by atoms with Crippen LogP contribution in [0.4, 0.5) is 13.2 Å². The first-order chi connectivity index (χ1) is 9.91. The van der Waals surface area contributed by atoms with Crippen LogP contribution in [0.25, 0.3) is 0 Å². The van der Waals surface area contributed by atoms with Gasteiger partial charge in [-0.1, -0.05) is 30.3 Å². The molecule has 0 spiro atoms. The molecule has 0 radical (unpaired) electrons. The van der Waals surface area contributed by atoms with Gasteiger partial charge in [0.05, 0.1) is 19.8 Å². The molecule has 0 unspecified atom stereocenters. The predicted molar refractivity (Wildman–Crippen MR) is 69.3 cm³/mol. The van der Waals surface area contributed by atoms with Gasteiger partial charge in [-0.3, -0.25) is 4.79 Å². The zero-order chi connectivity index (χ0) is 15.5.